The van der Waals surface area contributed by atoms with Crippen LogP contribution in [-0.4, -0.2) is 24.0 Å². The number of hydrogen-bond donors (Lipinski definition) is 1. The molecule has 0 radical (unpaired) electrons. The van der Waals surface area contributed by atoms with E-state index in [0.29, 0.717) is 0 Å². The molecular formula is C18H21N3OSi. The van der Waals surface area contributed by atoms with Gasteiger partial charge in [0.2, 0.25) is 8.32 Å². The van der Waals surface area contributed by atoms with Gasteiger partial charge in [-0.2, -0.15) is 0 Å². The number of nitrogens with zero attached hydrogens (tertiary/aromatic N) is 2. The molecule has 118 valence electrons. The van der Waals surface area contributed by atoms with Crippen molar-refractivity contribution in [3.63, 3.8) is 0 Å². The first-order valence-corrected chi connectivity index (χ1v) is 11.1. The Morgan fingerprint density at radius 1 is 1.09 bits per heavy atom. The zero-order valence-corrected chi connectivity index (χ0v) is 14.9. The molecular weight excluding hydrogens is 302 g/mol. The van der Waals surface area contributed by atoms with E-state index < -0.39 is 8.32 Å². The van der Waals surface area contributed by atoms with E-state index in [0.717, 1.165) is 33.7 Å². The molecule has 4 nitrogen and oxygen atoms in total. The molecule has 2 aromatic carbocycles. The number of fused-ring (bicyclic) bond motifs is 1. The fourth-order valence-electron chi connectivity index (χ4n) is 2.46. The maximum Gasteiger partial charge on any atom is 0.242 e. The average Bonchev–Trinajstić information content (AvgIpc) is 2.96. The maximum atomic E-state index is 6.15. The number of aliphatic imine (C=N–C) groups is 1. The van der Waals surface area contributed by atoms with E-state index in [1.165, 1.54) is 0 Å². The standard InChI is InChI=1S/C18H21N3OSi/c1-13(14-8-7-10-16-18(14)20-12-19-16)21-15-9-5-6-11-17(15)22-23(2,3)4/h5-12H,1-4H3,(H,19,20). The van der Waals surface area contributed by atoms with Gasteiger partial charge in [-0.05, 0) is 44.8 Å². The van der Waals surface area contributed by atoms with Gasteiger partial charge in [-0.15, -0.1) is 0 Å². The molecule has 1 heterocycles. The number of para-hydroxylation sites is 3. The Morgan fingerprint density at radius 3 is 2.65 bits per heavy atom. The lowest BCUT2D eigenvalue weighted by atomic mass is 10.1. The van der Waals surface area contributed by atoms with Gasteiger partial charge in [0, 0.05) is 11.3 Å². The van der Waals surface area contributed by atoms with E-state index in [-0.39, 0.29) is 0 Å². The Bertz CT molecular complexity index is 862. The summed E-state index contributed by atoms with van der Waals surface area (Å²) in [5.41, 5.74) is 4.78. The summed E-state index contributed by atoms with van der Waals surface area (Å²) in [4.78, 5) is 12.3. The average molecular weight is 323 g/mol. The third-order valence-electron chi connectivity index (χ3n) is 3.41. The topological polar surface area (TPSA) is 50.3 Å². The molecule has 23 heavy (non-hydrogen) atoms. The molecule has 5 heteroatoms. The number of hydrogen-bond acceptors (Lipinski definition) is 3. The smallest absolute Gasteiger partial charge is 0.242 e. The quantitative estimate of drug-likeness (QED) is 0.547. The summed E-state index contributed by atoms with van der Waals surface area (Å²) in [7, 11) is -1.68. The van der Waals surface area contributed by atoms with Gasteiger partial charge in [-0.3, -0.25) is 0 Å². The second-order valence-corrected chi connectivity index (χ2v) is 10.9. The van der Waals surface area contributed by atoms with Crippen molar-refractivity contribution in [3.05, 3.63) is 54.4 Å². The van der Waals surface area contributed by atoms with Crippen molar-refractivity contribution < 1.29 is 4.43 Å². The zero-order valence-electron chi connectivity index (χ0n) is 13.9. The van der Waals surface area contributed by atoms with Crippen molar-refractivity contribution in [2.24, 2.45) is 4.99 Å². The third-order valence-corrected chi connectivity index (χ3v) is 4.24. The first-order valence-electron chi connectivity index (χ1n) is 7.70. The Hall–Kier alpha value is -2.40. The van der Waals surface area contributed by atoms with Crippen LogP contribution in [0.1, 0.15) is 12.5 Å². The van der Waals surface area contributed by atoms with Crippen molar-refractivity contribution in [1.82, 2.24) is 9.97 Å². The largest absolute Gasteiger partial charge is 0.543 e. The summed E-state index contributed by atoms with van der Waals surface area (Å²) in [6.07, 6.45) is 1.71. The molecule has 0 spiro atoms. The van der Waals surface area contributed by atoms with E-state index in [9.17, 15) is 0 Å². The van der Waals surface area contributed by atoms with E-state index in [1.54, 1.807) is 6.33 Å². The molecule has 0 atom stereocenters. The van der Waals surface area contributed by atoms with Gasteiger partial charge in [-0.1, -0.05) is 24.3 Å². The molecule has 0 saturated carbocycles. The SMILES string of the molecule is CC(=Nc1ccccc1O[Si](C)(C)C)c1cccc2[nH]cnc12. The van der Waals surface area contributed by atoms with E-state index in [4.69, 9.17) is 9.42 Å². The second kappa shape index (κ2) is 6.00. The van der Waals surface area contributed by atoms with Crippen LogP contribution in [0.5, 0.6) is 5.75 Å². The van der Waals surface area contributed by atoms with Gasteiger partial charge in [-0.25, -0.2) is 9.98 Å². The Kier molecular flexibility index (Phi) is 4.04. The fourth-order valence-corrected chi connectivity index (χ4v) is 3.30. The maximum absolute atomic E-state index is 6.15. The van der Waals surface area contributed by atoms with Gasteiger partial charge in [0.05, 0.1) is 17.4 Å². The van der Waals surface area contributed by atoms with Crippen molar-refractivity contribution in [2.75, 3.05) is 0 Å². The minimum absolute atomic E-state index is 0.847. The first-order chi connectivity index (χ1) is 10.9. The summed E-state index contributed by atoms with van der Waals surface area (Å²) in [6.45, 7) is 8.52. The highest BCUT2D eigenvalue weighted by molar-refractivity contribution is 6.70. The van der Waals surface area contributed by atoms with Crippen LogP contribution in [0, 0.1) is 0 Å². The van der Waals surface area contributed by atoms with Crippen molar-refractivity contribution in [2.45, 2.75) is 26.6 Å². The molecule has 1 aromatic heterocycles. The molecule has 0 unspecified atom stereocenters. The molecule has 0 amide bonds. The lowest BCUT2D eigenvalue weighted by Crippen LogP contribution is -2.29. The van der Waals surface area contributed by atoms with Crippen LogP contribution in [0.2, 0.25) is 19.6 Å². The summed E-state index contributed by atoms with van der Waals surface area (Å²) in [5, 5.41) is 0. The Labute approximate surface area is 137 Å². The zero-order chi connectivity index (χ0) is 16.4. The first kappa shape index (κ1) is 15.5. The summed E-state index contributed by atoms with van der Waals surface area (Å²) in [5.74, 6) is 0.847. The van der Waals surface area contributed by atoms with Crippen LogP contribution in [0.3, 0.4) is 0 Å². The minimum atomic E-state index is -1.68. The number of imidazole rings is 1. The molecule has 3 rings (SSSR count). The van der Waals surface area contributed by atoms with Gasteiger partial charge in [0.15, 0.2) is 0 Å². The van der Waals surface area contributed by atoms with Gasteiger partial charge < -0.3 is 9.41 Å². The normalized spacial score (nSPS) is 12.6. The third kappa shape index (κ3) is 3.51. The number of rotatable bonds is 4. The predicted molar refractivity (Wildman–Crippen MR) is 98.4 cm³/mol. The lowest BCUT2D eigenvalue weighted by molar-refractivity contribution is 0.559. The van der Waals surface area contributed by atoms with Crippen molar-refractivity contribution in [1.29, 1.82) is 0 Å². The van der Waals surface area contributed by atoms with E-state index in [2.05, 4.69) is 29.6 Å². The molecule has 0 saturated heterocycles. The summed E-state index contributed by atoms with van der Waals surface area (Å²) >= 11 is 0. The number of aromatic nitrogens is 2. The highest BCUT2D eigenvalue weighted by Gasteiger charge is 2.18. The number of aromatic amines is 1. The van der Waals surface area contributed by atoms with Gasteiger partial charge >= 0.3 is 0 Å². The molecule has 1 N–H and O–H groups in total. The van der Waals surface area contributed by atoms with Crippen LogP contribution < -0.4 is 4.43 Å². The van der Waals surface area contributed by atoms with Gasteiger partial charge in [0.25, 0.3) is 0 Å². The van der Waals surface area contributed by atoms with Crippen LogP contribution in [0.25, 0.3) is 11.0 Å². The molecule has 0 aliphatic rings. The molecule has 0 aliphatic carbocycles. The van der Waals surface area contributed by atoms with Crippen LogP contribution in [-0.2, 0) is 0 Å². The number of H-pyrrole nitrogens is 1. The number of benzene rings is 2. The van der Waals surface area contributed by atoms with Crippen molar-refractivity contribution >= 4 is 30.7 Å². The van der Waals surface area contributed by atoms with Gasteiger partial charge in [0.1, 0.15) is 11.4 Å². The van der Waals surface area contributed by atoms with Crippen molar-refractivity contribution in [3.8, 4) is 5.75 Å². The summed E-state index contributed by atoms with van der Waals surface area (Å²) in [6, 6.07) is 14.0. The molecule has 0 bridgehead atoms. The van der Waals surface area contributed by atoms with E-state index >= 15 is 0 Å². The second-order valence-electron chi connectivity index (χ2n) is 6.48. The minimum Gasteiger partial charge on any atom is -0.543 e. The monoisotopic (exact) mass is 323 g/mol. The molecule has 0 aliphatic heterocycles. The molecule has 0 fully saturated rings. The van der Waals surface area contributed by atoms with E-state index in [1.807, 2.05) is 49.4 Å². The lowest BCUT2D eigenvalue weighted by Gasteiger charge is -2.20. The number of nitrogens with one attached hydrogen (secondary N) is 1. The summed E-state index contributed by atoms with van der Waals surface area (Å²) < 4.78 is 6.15. The highest BCUT2D eigenvalue weighted by atomic mass is 28.4. The predicted octanol–water partition coefficient (Wildman–Crippen LogP) is 4.92. The molecule has 3 aromatic rings. The van der Waals surface area contributed by atoms with Crippen LogP contribution in [0.15, 0.2) is 53.8 Å². The van der Waals surface area contributed by atoms with Crippen LogP contribution >= 0.6 is 0 Å². The Morgan fingerprint density at radius 2 is 1.87 bits per heavy atom. The highest BCUT2D eigenvalue weighted by Crippen LogP contribution is 2.30. The Balaban J connectivity index is 2.03. The van der Waals surface area contributed by atoms with Crippen LogP contribution in [0.4, 0.5) is 5.69 Å². The fraction of sp³-hybridized carbons (Fsp3) is 0.222.